The smallest absolute Gasteiger partial charge is 0.338 e. The molecule has 1 unspecified atom stereocenters. The van der Waals surface area contributed by atoms with Crippen LogP contribution < -0.4 is 20.1 Å². The van der Waals surface area contributed by atoms with Crippen LogP contribution in [0.4, 0.5) is 4.79 Å². The van der Waals surface area contributed by atoms with Crippen molar-refractivity contribution in [3.05, 3.63) is 77.0 Å². The number of methoxy groups -OCH3 is 1. The molecule has 2 aromatic rings. The largest absolute Gasteiger partial charge is 0.497 e. The number of nitrogens with zero attached hydrogens (tertiary/aromatic N) is 1. The Morgan fingerprint density at radius 2 is 1.75 bits per heavy atom. The third-order valence-electron chi connectivity index (χ3n) is 5.05. The summed E-state index contributed by atoms with van der Waals surface area (Å²) in [6.45, 7) is 1.39. The number of urea groups is 1. The maximum Gasteiger partial charge on any atom is 0.338 e. The number of esters is 2. The molecule has 1 atom stereocenters. The lowest BCUT2D eigenvalue weighted by Crippen LogP contribution is -2.47. The van der Waals surface area contributed by atoms with Gasteiger partial charge in [0.15, 0.2) is 6.61 Å². The van der Waals surface area contributed by atoms with E-state index in [0.717, 1.165) is 0 Å². The van der Waals surface area contributed by atoms with E-state index in [1.165, 1.54) is 19.3 Å². The molecule has 36 heavy (non-hydrogen) atoms. The highest BCUT2D eigenvalue weighted by Gasteiger charge is 2.34. The van der Waals surface area contributed by atoms with Crippen LogP contribution in [0.15, 0.2) is 65.9 Å². The topological polar surface area (TPSA) is 136 Å². The van der Waals surface area contributed by atoms with Crippen molar-refractivity contribution >= 4 is 24.0 Å². The van der Waals surface area contributed by atoms with Gasteiger partial charge in [-0.3, -0.25) is 0 Å². The number of carbonyl (C=O) groups excluding carboxylic acids is 3. The van der Waals surface area contributed by atoms with E-state index in [1.807, 2.05) is 6.07 Å². The second-order valence-electron chi connectivity index (χ2n) is 7.37. The molecule has 10 nitrogen and oxygen atoms in total. The molecule has 0 aromatic heterocycles. The Kier molecular flexibility index (Phi) is 9.06. The summed E-state index contributed by atoms with van der Waals surface area (Å²) >= 11 is 0. The van der Waals surface area contributed by atoms with Gasteiger partial charge in [-0.1, -0.05) is 24.3 Å². The molecule has 1 aliphatic heterocycles. The summed E-state index contributed by atoms with van der Waals surface area (Å²) < 4.78 is 20.8. The van der Waals surface area contributed by atoms with Gasteiger partial charge in [0.2, 0.25) is 0 Å². The van der Waals surface area contributed by atoms with Crippen LogP contribution in [-0.2, 0) is 19.1 Å². The number of nitriles is 1. The number of carbonyl (C=O) groups is 3. The molecule has 1 heterocycles. The molecule has 0 bridgehead atoms. The van der Waals surface area contributed by atoms with E-state index in [-0.39, 0.29) is 31.1 Å². The van der Waals surface area contributed by atoms with Crippen molar-refractivity contribution in [2.24, 2.45) is 0 Å². The lowest BCUT2D eigenvalue weighted by atomic mass is 9.95. The van der Waals surface area contributed by atoms with Gasteiger partial charge in [0.05, 0.1) is 31.0 Å². The quantitative estimate of drug-likeness (QED) is 0.382. The van der Waals surface area contributed by atoms with Crippen LogP contribution in [0.5, 0.6) is 11.5 Å². The number of ether oxygens (including phenoxy) is 4. The highest BCUT2D eigenvalue weighted by Crippen LogP contribution is 2.29. The molecule has 10 heteroatoms. The summed E-state index contributed by atoms with van der Waals surface area (Å²) in [5, 5.41) is 13.8. The van der Waals surface area contributed by atoms with E-state index in [2.05, 4.69) is 10.6 Å². The number of rotatable bonds is 10. The molecule has 2 aromatic carbocycles. The Balaban J connectivity index is 1.76. The molecule has 2 amide bonds. The van der Waals surface area contributed by atoms with Gasteiger partial charge in [0.1, 0.15) is 24.2 Å². The second-order valence-corrected chi connectivity index (χ2v) is 7.37. The van der Waals surface area contributed by atoms with E-state index in [1.54, 1.807) is 55.5 Å². The van der Waals surface area contributed by atoms with Crippen LogP contribution in [0.2, 0.25) is 0 Å². The predicted octanol–water partition coefficient (Wildman–Crippen LogP) is 3.03. The van der Waals surface area contributed by atoms with Crippen LogP contribution in [0.3, 0.4) is 0 Å². The van der Waals surface area contributed by atoms with Crippen molar-refractivity contribution in [3.8, 4) is 17.6 Å². The molecule has 0 radical (unpaired) electrons. The van der Waals surface area contributed by atoms with Gasteiger partial charge in [-0.15, -0.1) is 0 Å². The third-order valence-corrected chi connectivity index (χ3v) is 5.05. The van der Waals surface area contributed by atoms with Gasteiger partial charge in [-0.05, 0) is 48.4 Å². The third kappa shape index (κ3) is 6.87. The number of nitrogens with one attached hydrogen (secondary N) is 2. The fraction of sp³-hybridized carbons (Fsp3) is 0.231. The maximum atomic E-state index is 12.8. The summed E-state index contributed by atoms with van der Waals surface area (Å²) in [6, 6.07) is 14.1. The van der Waals surface area contributed by atoms with Crippen molar-refractivity contribution < 1.29 is 33.3 Å². The molecule has 0 fully saturated rings. The first-order valence-electron chi connectivity index (χ1n) is 11.0. The predicted molar refractivity (Wildman–Crippen MR) is 129 cm³/mol. The van der Waals surface area contributed by atoms with Crippen LogP contribution >= 0.6 is 0 Å². The molecular weight excluding hydrogens is 466 g/mol. The van der Waals surface area contributed by atoms with Crippen LogP contribution in [0.1, 0.15) is 24.1 Å². The summed E-state index contributed by atoms with van der Waals surface area (Å²) in [5.41, 5.74) is 1.59. The molecule has 0 saturated heterocycles. The van der Waals surface area contributed by atoms with Crippen LogP contribution in [0, 0.1) is 11.3 Å². The van der Waals surface area contributed by atoms with Gasteiger partial charge >= 0.3 is 18.0 Å². The monoisotopic (exact) mass is 491 g/mol. The Hall–Kier alpha value is -4.78. The Bertz CT molecular complexity index is 1200. The van der Waals surface area contributed by atoms with Crippen molar-refractivity contribution in [3.63, 3.8) is 0 Å². The van der Waals surface area contributed by atoms with Crippen molar-refractivity contribution in [2.45, 2.75) is 13.0 Å². The highest BCUT2D eigenvalue weighted by molar-refractivity contribution is 5.95. The first-order valence-corrected chi connectivity index (χ1v) is 11.0. The molecule has 1 aliphatic rings. The van der Waals surface area contributed by atoms with E-state index < -0.39 is 24.0 Å². The molecule has 0 aliphatic carbocycles. The molecule has 186 valence electrons. The van der Waals surface area contributed by atoms with E-state index in [4.69, 9.17) is 24.2 Å². The Morgan fingerprint density at radius 3 is 2.39 bits per heavy atom. The van der Waals surface area contributed by atoms with Gasteiger partial charge in [-0.25, -0.2) is 14.4 Å². The summed E-state index contributed by atoms with van der Waals surface area (Å²) in [5.74, 6) is -0.177. The highest BCUT2D eigenvalue weighted by atomic mass is 16.5. The normalized spacial score (nSPS) is 14.9. The fourth-order valence-electron chi connectivity index (χ4n) is 3.37. The molecular formula is C26H25N3O7. The Labute approximate surface area is 208 Å². The second kappa shape index (κ2) is 12.6. The zero-order valence-corrected chi connectivity index (χ0v) is 19.8. The first-order chi connectivity index (χ1) is 17.4. The van der Waals surface area contributed by atoms with Gasteiger partial charge < -0.3 is 29.6 Å². The summed E-state index contributed by atoms with van der Waals surface area (Å²) in [6.07, 6.45) is 2.76. The summed E-state index contributed by atoms with van der Waals surface area (Å²) in [4.78, 5) is 37.5. The number of hydrogen-bond donors (Lipinski definition) is 2. The number of benzene rings is 2. The first kappa shape index (κ1) is 25.8. The number of amides is 2. The fourth-order valence-corrected chi connectivity index (χ4v) is 3.37. The molecule has 3 rings (SSSR count). The van der Waals surface area contributed by atoms with E-state index in [0.29, 0.717) is 22.6 Å². The minimum absolute atomic E-state index is 0.0590. The maximum absolute atomic E-state index is 12.8. The molecule has 2 N–H and O–H groups in total. The van der Waals surface area contributed by atoms with E-state index >= 15 is 0 Å². The summed E-state index contributed by atoms with van der Waals surface area (Å²) in [7, 11) is 1.53. The lowest BCUT2D eigenvalue weighted by Gasteiger charge is -2.29. The van der Waals surface area contributed by atoms with E-state index in [9.17, 15) is 14.4 Å². The SMILES string of the molecule is CCOC(=O)C1=C(COC(=O)/C=C/c2ccc(OCC#N)cc2)NC(=O)NC1c1ccc(OC)cc1. The molecule has 0 spiro atoms. The number of hydrogen-bond acceptors (Lipinski definition) is 8. The van der Waals surface area contributed by atoms with Gasteiger partial charge in [-0.2, -0.15) is 5.26 Å². The lowest BCUT2D eigenvalue weighted by molar-refractivity contribution is -0.140. The molecule has 0 saturated carbocycles. The Morgan fingerprint density at radius 1 is 1.06 bits per heavy atom. The van der Waals surface area contributed by atoms with Crippen molar-refractivity contribution in [1.29, 1.82) is 5.26 Å². The minimum Gasteiger partial charge on any atom is -0.497 e. The average Bonchev–Trinajstić information content (AvgIpc) is 2.89. The van der Waals surface area contributed by atoms with Crippen LogP contribution in [0.25, 0.3) is 6.08 Å². The van der Waals surface area contributed by atoms with Gasteiger partial charge in [0, 0.05) is 6.08 Å². The van der Waals surface area contributed by atoms with Gasteiger partial charge in [0.25, 0.3) is 0 Å². The van der Waals surface area contributed by atoms with Crippen molar-refractivity contribution in [2.75, 3.05) is 26.9 Å². The van der Waals surface area contributed by atoms with Crippen molar-refractivity contribution in [1.82, 2.24) is 10.6 Å². The zero-order chi connectivity index (χ0) is 25.9. The minimum atomic E-state index is -0.810. The zero-order valence-electron chi connectivity index (χ0n) is 19.8. The average molecular weight is 492 g/mol. The standard InChI is InChI=1S/C26H25N3O7/c1-3-34-25(31)23-21(28-26(32)29-24(23)18-7-11-19(33-2)12-8-18)16-36-22(30)13-6-17-4-9-20(10-5-17)35-15-14-27/h4-13,24H,3,15-16H2,1-2H3,(H2,28,29,32)/b13-6+. The van der Waals surface area contributed by atoms with Crippen LogP contribution in [-0.4, -0.2) is 44.9 Å².